The molecule has 0 saturated heterocycles. The first-order chi connectivity index (χ1) is 7.13. The fourth-order valence-electron chi connectivity index (χ4n) is 1.12. The third-order valence-electron chi connectivity index (χ3n) is 1.73. The maximum absolute atomic E-state index is 9.93. The molecule has 0 unspecified atom stereocenters. The highest BCUT2D eigenvalue weighted by molar-refractivity contribution is 7.11. The lowest BCUT2D eigenvalue weighted by atomic mass is 10.3. The fourth-order valence-corrected chi connectivity index (χ4v) is 2.14. The molecule has 84 valence electrons. The molecule has 0 spiro atoms. The number of aryl methyl sites for hydroxylation is 1. The van der Waals surface area contributed by atoms with Gasteiger partial charge in [0, 0.05) is 18.4 Å². The summed E-state index contributed by atoms with van der Waals surface area (Å²) in [4.78, 5) is 19.4. The number of nitrogens with zero attached hydrogens (tertiary/aromatic N) is 2. The van der Waals surface area contributed by atoms with Crippen molar-refractivity contribution in [2.24, 2.45) is 0 Å². The third-order valence-corrected chi connectivity index (χ3v) is 2.92. The largest absolute Gasteiger partial charge is 0.378 e. The predicted octanol–water partition coefficient (Wildman–Crippen LogP) is 1.35. The SMILES string of the molecule is COCc1nc(C)c(CCO[N+](=O)[O-])s1. The zero-order valence-electron chi connectivity index (χ0n) is 8.56. The fraction of sp³-hybridized carbons (Fsp3) is 0.625. The van der Waals surface area contributed by atoms with Crippen molar-refractivity contribution in [2.75, 3.05) is 13.7 Å². The van der Waals surface area contributed by atoms with Crippen LogP contribution in [-0.4, -0.2) is 23.8 Å². The van der Waals surface area contributed by atoms with Gasteiger partial charge in [-0.05, 0) is 6.92 Å². The second-order valence-electron chi connectivity index (χ2n) is 2.86. The molecule has 6 nitrogen and oxygen atoms in total. The van der Waals surface area contributed by atoms with E-state index in [0.717, 1.165) is 15.6 Å². The van der Waals surface area contributed by atoms with Crippen LogP contribution in [0.15, 0.2) is 0 Å². The molecule has 1 aromatic rings. The highest BCUT2D eigenvalue weighted by Crippen LogP contribution is 2.19. The van der Waals surface area contributed by atoms with Crippen molar-refractivity contribution in [3.05, 3.63) is 25.7 Å². The quantitative estimate of drug-likeness (QED) is 0.546. The molecule has 0 aliphatic rings. The summed E-state index contributed by atoms with van der Waals surface area (Å²) in [6, 6.07) is 0. The molecule has 0 amide bonds. The summed E-state index contributed by atoms with van der Waals surface area (Å²) in [7, 11) is 1.60. The summed E-state index contributed by atoms with van der Waals surface area (Å²) < 4.78 is 4.95. The minimum Gasteiger partial charge on any atom is -0.378 e. The van der Waals surface area contributed by atoms with E-state index in [4.69, 9.17) is 4.74 Å². The van der Waals surface area contributed by atoms with Gasteiger partial charge in [0.15, 0.2) is 0 Å². The van der Waals surface area contributed by atoms with E-state index in [1.165, 1.54) is 11.3 Å². The van der Waals surface area contributed by atoms with Crippen LogP contribution in [0.1, 0.15) is 15.6 Å². The zero-order valence-corrected chi connectivity index (χ0v) is 9.37. The van der Waals surface area contributed by atoms with Crippen molar-refractivity contribution >= 4 is 11.3 Å². The van der Waals surface area contributed by atoms with E-state index in [-0.39, 0.29) is 6.61 Å². The molecule has 0 saturated carbocycles. The second kappa shape index (κ2) is 5.62. The van der Waals surface area contributed by atoms with Gasteiger partial charge in [-0.15, -0.1) is 21.5 Å². The molecule has 0 atom stereocenters. The first-order valence-corrected chi connectivity index (χ1v) is 5.16. The molecule has 0 N–H and O–H groups in total. The van der Waals surface area contributed by atoms with Crippen molar-refractivity contribution in [3.63, 3.8) is 0 Å². The molecular formula is C8H12N2O4S. The molecule has 1 heterocycles. The standard InChI is InChI=1S/C8H12N2O4S/c1-6-7(3-4-14-10(11)12)15-8(9-6)5-13-2/h3-5H2,1-2H3. The summed E-state index contributed by atoms with van der Waals surface area (Å²) in [5.74, 6) is 0. The van der Waals surface area contributed by atoms with Crippen molar-refractivity contribution in [2.45, 2.75) is 20.0 Å². The monoisotopic (exact) mass is 232 g/mol. The van der Waals surface area contributed by atoms with Gasteiger partial charge in [0.2, 0.25) is 0 Å². The molecule has 0 aliphatic carbocycles. The Bertz CT molecular complexity index is 339. The smallest absolute Gasteiger partial charge is 0.294 e. The summed E-state index contributed by atoms with van der Waals surface area (Å²) in [6.07, 6.45) is 0.508. The normalized spacial score (nSPS) is 10.3. The molecule has 7 heteroatoms. The minimum absolute atomic E-state index is 0.0719. The highest BCUT2D eigenvalue weighted by Gasteiger charge is 2.07. The van der Waals surface area contributed by atoms with Gasteiger partial charge in [0.1, 0.15) is 11.6 Å². The van der Waals surface area contributed by atoms with Gasteiger partial charge in [0.05, 0.1) is 12.3 Å². The van der Waals surface area contributed by atoms with Gasteiger partial charge >= 0.3 is 0 Å². The van der Waals surface area contributed by atoms with E-state index in [0.29, 0.717) is 13.0 Å². The van der Waals surface area contributed by atoms with Gasteiger partial charge in [-0.1, -0.05) is 0 Å². The van der Waals surface area contributed by atoms with Gasteiger partial charge in [-0.2, -0.15) is 0 Å². The summed E-state index contributed by atoms with van der Waals surface area (Å²) >= 11 is 1.50. The number of aromatic nitrogens is 1. The number of ether oxygens (including phenoxy) is 1. The molecule has 0 radical (unpaired) electrons. The molecule has 15 heavy (non-hydrogen) atoms. The Morgan fingerprint density at radius 2 is 2.33 bits per heavy atom. The number of hydrogen-bond donors (Lipinski definition) is 0. The maximum Gasteiger partial charge on any atom is 0.294 e. The summed E-state index contributed by atoms with van der Waals surface area (Å²) in [5.41, 5.74) is 0.888. The van der Waals surface area contributed by atoms with Gasteiger partial charge in [0.25, 0.3) is 5.09 Å². The van der Waals surface area contributed by atoms with Crippen LogP contribution in [0.25, 0.3) is 0 Å². The molecular weight excluding hydrogens is 220 g/mol. The Morgan fingerprint density at radius 3 is 2.93 bits per heavy atom. The molecule has 0 aliphatic heterocycles. The maximum atomic E-state index is 9.93. The van der Waals surface area contributed by atoms with Crippen molar-refractivity contribution < 1.29 is 14.7 Å². The van der Waals surface area contributed by atoms with E-state index >= 15 is 0 Å². The van der Waals surface area contributed by atoms with Crippen LogP contribution in [-0.2, 0) is 22.6 Å². The van der Waals surface area contributed by atoms with Crippen LogP contribution in [0, 0.1) is 17.0 Å². The Kier molecular flexibility index (Phi) is 4.44. The molecule has 0 bridgehead atoms. The third kappa shape index (κ3) is 3.80. The number of rotatable bonds is 6. The van der Waals surface area contributed by atoms with Crippen molar-refractivity contribution in [1.29, 1.82) is 0 Å². The van der Waals surface area contributed by atoms with Crippen LogP contribution in [0.4, 0.5) is 0 Å². The lowest BCUT2D eigenvalue weighted by Gasteiger charge is -1.96. The van der Waals surface area contributed by atoms with Crippen molar-refractivity contribution in [3.8, 4) is 0 Å². The summed E-state index contributed by atoms with van der Waals surface area (Å²) in [6.45, 7) is 2.42. The van der Waals surface area contributed by atoms with Crippen LogP contribution in [0.3, 0.4) is 0 Å². The second-order valence-corrected chi connectivity index (χ2v) is 4.02. The van der Waals surface area contributed by atoms with Crippen LogP contribution in [0.2, 0.25) is 0 Å². The Morgan fingerprint density at radius 1 is 1.60 bits per heavy atom. The first-order valence-electron chi connectivity index (χ1n) is 4.35. The molecule has 0 aromatic carbocycles. The van der Waals surface area contributed by atoms with E-state index in [2.05, 4.69) is 9.82 Å². The molecule has 1 rings (SSSR count). The van der Waals surface area contributed by atoms with Gasteiger partial charge < -0.3 is 9.57 Å². The van der Waals surface area contributed by atoms with Gasteiger partial charge in [-0.3, -0.25) is 0 Å². The Balaban J connectivity index is 2.49. The van der Waals surface area contributed by atoms with E-state index in [9.17, 15) is 10.1 Å². The minimum atomic E-state index is -0.785. The Hall–Kier alpha value is -1.21. The van der Waals surface area contributed by atoms with Crippen LogP contribution < -0.4 is 0 Å². The summed E-state index contributed by atoms with van der Waals surface area (Å²) in [5, 5.41) is 10.0. The molecule has 1 aromatic heterocycles. The van der Waals surface area contributed by atoms with Crippen LogP contribution >= 0.6 is 11.3 Å². The number of thiazole rings is 1. The highest BCUT2D eigenvalue weighted by atomic mass is 32.1. The average molecular weight is 232 g/mol. The Labute approximate surface area is 91.0 Å². The van der Waals surface area contributed by atoms with Crippen molar-refractivity contribution in [1.82, 2.24) is 4.98 Å². The zero-order chi connectivity index (χ0) is 11.3. The van der Waals surface area contributed by atoms with Gasteiger partial charge in [-0.25, -0.2) is 4.98 Å². The average Bonchev–Trinajstić information content (AvgIpc) is 2.47. The predicted molar refractivity (Wildman–Crippen MR) is 54.2 cm³/mol. The first kappa shape index (κ1) is 11.9. The number of methoxy groups -OCH3 is 1. The topological polar surface area (TPSA) is 74.5 Å². The molecule has 0 fully saturated rings. The van der Waals surface area contributed by atoms with E-state index in [1.54, 1.807) is 7.11 Å². The number of hydrogen-bond acceptors (Lipinski definition) is 6. The lowest BCUT2D eigenvalue weighted by molar-refractivity contribution is -0.757. The van der Waals surface area contributed by atoms with E-state index in [1.807, 2.05) is 6.92 Å². The van der Waals surface area contributed by atoms with E-state index < -0.39 is 5.09 Å². The lowest BCUT2D eigenvalue weighted by Crippen LogP contribution is -2.04. The van der Waals surface area contributed by atoms with Crippen LogP contribution in [0.5, 0.6) is 0 Å².